The summed E-state index contributed by atoms with van der Waals surface area (Å²) in [4.78, 5) is 13.1. The highest BCUT2D eigenvalue weighted by atomic mass is 32.2. The number of para-hydroxylation sites is 2. The van der Waals surface area contributed by atoms with Gasteiger partial charge in [0.05, 0.1) is 16.9 Å². The van der Waals surface area contributed by atoms with Crippen LogP contribution in [0.4, 0.5) is 11.4 Å². The largest absolute Gasteiger partial charge is 0.454 e. The SMILES string of the molecule is O=C1Nc2ccccc2Oc2cc(NCc3ccccc3)c(S(=O)(=O)N3CCCCC3)cc21. The first-order valence-electron chi connectivity index (χ1n) is 11.1. The summed E-state index contributed by atoms with van der Waals surface area (Å²) in [7, 11) is -3.80. The van der Waals surface area contributed by atoms with E-state index in [2.05, 4.69) is 10.6 Å². The molecule has 0 aliphatic carbocycles. The van der Waals surface area contributed by atoms with Crippen LogP contribution in [0.5, 0.6) is 11.5 Å². The van der Waals surface area contributed by atoms with Crippen LogP contribution in [0.3, 0.4) is 0 Å². The minimum atomic E-state index is -3.80. The van der Waals surface area contributed by atoms with Gasteiger partial charge in [-0.3, -0.25) is 4.79 Å². The Morgan fingerprint density at radius 3 is 2.42 bits per heavy atom. The topological polar surface area (TPSA) is 87.7 Å². The van der Waals surface area contributed by atoms with Gasteiger partial charge in [-0.05, 0) is 36.6 Å². The number of hydrogen-bond acceptors (Lipinski definition) is 5. The maximum atomic E-state index is 13.6. The molecule has 170 valence electrons. The second-order valence-corrected chi connectivity index (χ2v) is 10.1. The fourth-order valence-corrected chi connectivity index (χ4v) is 5.87. The lowest BCUT2D eigenvalue weighted by Crippen LogP contribution is -2.36. The first kappa shape index (κ1) is 21.5. The van der Waals surface area contributed by atoms with Crippen LogP contribution in [-0.2, 0) is 16.6 Å². The summed E-state index contributed by atoms with van der Waals surface area (Å²) < 4.78 is 34.8. The lowest BCUT2D eigenvalue weighted by molar-refractivity contribution is 0.102. The lowest BCUT2D eigenvalue weighted by atomic mass is 10.1. The minimum absolute atomic E-state index is 0.0868. The number of benzene rings is 3. The van der Waals surface area contributed by atoms with E-state index in [4.69, 9.17) is 4.74 Å². The molecule has 2 N–H and O–H groups in total. The van der Waals surface area contributed by atoms with E-state index in [1.807, 2.05) is 36.4 Å². The molecule has 0 bridgehead atoms. The van der Waals surface area contributed by atoms with Gasteiger partial charge in [-0.15, -0.1) is 0 Å². The molecule has 3 aromatic carbocycles. The molecular formula is C25H25N3O4S. The van der Waals surface area contributed by atoms with E-state index < -0.39 is 15.9 Å². The Balaban J connectivity index is 1.59. The molecule has 5 rings (SSSR count). The summed E-state index contributed by atoms with van der Waals surface area (Å²) in [5.74, 6) is 0.413. The molecule has 2 heterocycles. The second-order valence-electron chi connectivity index (χ2n) is 8.20. The number of carbonyl (C=O) groups is 1. The van der Waals surface area contributed by atoms with Crippen LogP contribution >= 0.6 is 0 Å². The van der Waals surface area contributed by atoms with Gasteiger partial charge >= 0.3 is 0 Å². The van der Waals surface area contributed by atoms with Crippen LogP contribution in [-0.4, -0.2) is 31.7 Å². The number of hydrogen-bond donors (Lipinski definition) is 2. The monoisotopic (exact) mass is 463 g/mol. The van der Waals surface area contributed by atoms with Gasteiger partial charge in [0.1, 0.15) is 10.6 Å². The molecule has 2 aliphatic rings. The highest BCUT2D eigenvalue weighted by Gasteiger charge is 2.32. The Morgan fingerprint density at radius 1 is 0.909 bits per heavy atom. The van der Waals surface area contributed by atoms with Crippen molar-refractivity contribution in [2.24, 2.45) is 0 Å². The van der Waals surface area contributed by atoms with Crippen LogP contribution in [0.1, 0.15) is 35.2 Å². The molecule has 1 fully saturated rings. The van der Waals surface area contributed by atoms with Crippen molar-refractivity contribution in [3.63, 3.8) is 0 Å². The van der Waals surface area contributed by atoms with Crippen molar-refractivity contribution in [2.45, 2.75) is 30.7 Å². The van der Waals surface area contributed by atoms with Gasteiger partial charge < -0.3 is 15.4 Å². The Hall–Kier alpha value is -3.36. The Kier molecular flexibility index (Phi) is 5.78. The van der Waals surface area contributed by atoms with Gasteiger partial charge in [-0.1, -0.05) is 48.9 Å². The molecule has 2 aliphatic heterocycles. The number of nitrogens with one attached hydrogen (secondary N) is 2. The van der Waals surface area contributed by atoms with Gasteiger partial charge in [0.25, 0.3) is 5.91 Å². The maximum absolute atomic E-state index is 13.6. The van der Waals surface area contributed by atoms with Gasteiger partial charge in [0.15, 0.2) is 5.75 Å². The van der Waals surface area contributed by atoms with Crippen molar-refractivity contribution in [2.75, 3.05) is 23.7 Å². The number of rotatable bonds is 5. The predicted molar refractivity (Wildman–Crippen MR) is 127 cm³/mol. The molecule has 3 aromatic rings. The molecule has 0 spiro atoms. The number of amides is 1. The fraction of sp³-hybridized carbons (Fsp3) is 0.240. The summed E-state index contributed by atoms with van der Waals surface area (Å²) in [6.45, 7) is 1.39. The molecule has 1 amide bonds. The number of ether oxygens (including phenoxy) is 1. The van der Waals surface area contributed by atoms with Crippen LogP contribution < -0.4 is 15.4 Å². The Labute approximate surface area is 193 Å². The first-order valence-corrected chi connectivity index (χ1v) is 12.5. The van der Waals surface area contributed by atoms with Crippen LogP contribution in [0, 0.1) is 0 Å². The zero-order chi connectivity index (χ0) is 22.8. The van der Waals surface area contributed by atoms with Crippen molar-refractivity contribution in [3.05, 3.63) is 77.9 Å². The first-order chi connectivity index (χ1) is 16.0. The zero-order valence-electron chi connectivity index (χ0n) is 18.1. The van der Waals surface area contributed by atoms with Gasteiger partial charge in [0, 0.05) is 25.7 Å². The normalized spacial score (nSPS) is 16.1. The summed E-state index contributed by atoms with van der Waals surface area (Å²) >= 11 is 0. The third kappa shape index (κ3) is 4.31. The Bertz CT molecular complexity index is 1290. The maximum Gasteiger partial charge on any atom is 0.259 e. The highest BCUT2D eigenvalue weighted by Crippen LogP contribution is 2.40. The van der Waals surface area contributed by atoms with Crippen molar-refractivity contribution in [1.29, 1.82) is 0 Å². The van der Waals surface area contributed by atoms with Crippen LogP contribution in [0.25, 0.3) is 0 Å². The molecular weight excluding hydrogens is 438 g/mol. The average molecular weight is 464 g/mol. The average Bonchev–Trinajstić information content (AvgIpc) is 2.98. The number of fused-ring (bicyclic) bond motifs is 2. The molecule has 1 saturated heterocycles. The highest BCUT2D eigenvalue weighted by molar-refractivity contribution is 7.89. The smallest absolute Gasteiger partial charge is 0.259 e. The van der Waals surface area contributed by atoms with E-state index in [-0.39, 0.29) is 10.5 Å². The third-order valence-corrected chi connectivity index (χ3v) is 7.88. The van der Waals surface area contributed by atoms with Crippen molar-refractivity contribution >= 4 is 27.3 Å². The fourth-order valence-electron chi connectivity index (χ4n) is 4.18. The van der Waals surface area contributed by atoms with Crippen LogP contribution in [0.2, 0.25) is 0 Å². The second kappa shape index (κ2) is 8.88. The van der Waals surface area contributed by atoms with Gasteiger partial charge in [-0.2, -0.15) is 4.31 Å². The number of sulfonamides is 1. The molecule has 33 heavy (non-hydrogen) atoms. The number of anilines is 2. The van der Waals surface area contributed by atoms with E-state index in [1.165, 1.54) is 10.4 Å². The number of nitrogens with zero attached hydrogens (tertiary/aromatic N) is 1. The van der Waals surface area contributed by atoms with E-state index in [9.17, 15) is 13.2 Å². The quantitative estimate of drug-likeness (QED) is 0.566. The van der Waals surface area contributed by atoms with Gasteiger partial charge in [0.2, 0.25) is 10.0 Å². The predicted octanol–water partition coefficient (Wildman–Crippen LogP) is 4.83. The molecule has 0 saturated carbocycles. The van der Waals surface area contributed by atoms with Gasteiger partial charge in [-0.25, -0.2) is 8.42 Å². The summed E-state index contributed by atoms with van der Waals surface area (Å²) in [6, 6.07) is 19.9. The third-order valence-electron chi connectivity index (χ3n) is 5.94. The van der Waals surface area contributed by atoms with Crippen molar-refractivity contribution < 1.29 is 17.9 Å². The van der Waals surface area contributed by atoms with Crippen LogP contribution in [0.15, 0.2) is 71.6 Å². The van der Waals surface area contributed by atoms with E-state index in [1.54, 1.807) is 24.3 Å². The van der Waals surface area contributed by atoms with Crippen molar-refractivity contribution in [1.82, 2.24) is 4.31 Å². The standard InChI is InChI=1S/C25H25N3O4S/c29-25-19-15-24(33(30,31)28-13-7-2-8-14-28)21(26-17-18-9-3-1-4-10-18)16-23(19)32-22-12-6-5-11-20(22)27-25/h1,3-6,9-12,15-16,26H,2,7-8,13-14,17H2,(H,27,29). The number of carbonyl (C=O) groups excluding carboxylic acids is 1. The van der Waals surface area contributed by atoms with E-state index >= 15 is 0 Å². The number of piperidine rings is 1. The molecule has 0 radical (unpaired) electrons. The van der Waals surface area contributed by atoms with E-state index in [0.717, 1.165) is 24.8 Å². The van der Waals surface area contributed by atoms with Crippen molar-refractivity contribution in [3.8, 4) is 11.5 Å². The molecule has 0 atom stereocenters. The summed E-state index contributed by atoms with van der Waals surface area (Å²) in [6.07, 6.45) is 2.68. The summed E-state index contributed by atoms with van der Waals surface area (Å²) in [5, 5.41) is 6.09. The molecule has 0 unspecified atom stereocenters. The van der Waals surface area contributed by atoms with E-state index in [0.29, 0.717) is 42.5 Å². The summed E-state index contributed by atoms with van der Waals surface area (Å²) in [5.41, 5.74) is 2.15. The lowest BCUT2D eigenvalue weighted by Gasteiger charge is -2.27. The minimum Gasteiger partial charge on any atom is -0.454 e. The Morgan fingerprint density at radius 2 is 1.64 bits per heavy atom. The molecule has 7 nitrogen and oxygen atoms in total. The molecule has 8 heteroatoms. The molecule has 0 aromatic heterocycles. The zero-order valence-corrected chi connectivity index (χ0v) is 18.9.